The van der Waals surface area contributed by atoms with E-state index >= 15 is 0 Å². The number of rotatable bonds is 8. The molecule has 0 N–H and O–H groups in total. The molecule has 0 aliphatic carbocycles. The molecule has 4 nitrogen and oxygen atoms in total. The Morgan fingerprint density at radius 3 is 2.67 bits per heavy atom. The average Bonchev–Trinajstić information content (AvgIpc) is 2.99. The average molecular weight is 284 g/mol. The largest absolute Gasteiger partial charge is 0.337 e. The second kappa shape index (κ2) is 8.37. The number of imidazole rings is 1. The molecule has 0 amide bonds. The fourth-order valence-corrected chi connectivity index (χ4v) is 2.19. The van der Waals surface area contributed by atoms with E-state index in [1.165, 1.54) is 11.1 Å². The molecule has 21 heavy (non-hydrogen) atoms. The minimum atomic E-state index is 0.968. The monoisotopic (exact) mass is 284 g/mol. The van der Waals surface area contributed by atoms with Gasteiger partial charge in [-0.2, -0.15) is 0 Å². The van der Waals surface area contributed by atoms with Gasteiger partial charge >= 0.3 is 0 Å². The van der Waals surface area contributed by atoms with Crippen LogP contribution < -0.4 is 0 Å². The Bertz CT molecular complexity index is 527. The summed E-state index contributed by atoms with van der Waals surface area (Å²) in [5.41, 5.74) is 2.68. The third kappa shape index (κ3) is 5.92. The van der Waals surface area contributed by atoms with Crippen molar-refractivity contribution in [3.05, 3.63) is 60.5 Å². The predicted molar refractivity (Wildman–Crippen MR) is 85.8 cm³/mol. The van der Waals surface area contributed by atoms with Crippen LogP contribution in [0.5, 0.6) is 0 Å². The van der Waals surface area contributed by atoms with Crippen molar-refractivity contribution < 1.29 is 0 Å². The summed E-state index contributed by atoms with van der Waals surface area (Å²) >= 11 is 0. The Hall–Kier alpha value is -1.94. The molecule has 0 saturated heterocycles. The predicted octanol–water partition coefficient (Wildman–Crippen LogP) is 3.14. The van der Waals surface area contributed by atoms with Crippen LogP contribution in [-0.2, 0) is 13.1 Å². The highest BCUT2D eigenvalue weighted by Crippen LogP contribution is 2.06. The van der Waals surface area contributed by atoms with Gasteiger partial charge in [0.15, 0.2) is 0 Å². The summed E-state index contributed by atoms with van der Waals surface area (Å²) < 4.78 is 2.13. The summed E-state index contributed by atoms with van der Waals surface area (Å²) in [7, 11) is 0. The third-order valence-electron chi connectivity index (χ3n) is 3.36. The molecule has 0 bridgehead atoms. The first-order valence-electron chi connectivity index (χ1n) is 7.44. The number of hydrogen-bond acceptors (Lipinski definition) is 3. The van der Waals surface area contributed by atoms with Crippen LogP contribution in [0.1, 0.15) is 25.8 Å². The van der Waals surface area contributed by atoms with Crippen LogP contribution in [0, 0.1) is 0 Å². The Kier molecular flexibility index (Phi) is 6.16. The molecule has 2 rings (SSSR count). The second-order valence-electron chi connectivity index (χ2n) is 5.53. The molecular formula is C17H24N4. The first-order chi connectivity index (χ1) is 10.2. The number of hydrogen-bond donors (Lipinski definition) is 0. The lowest BCUT2D eigenvalue weighted by Crippen LogP contribution is -2.25. The molecule has 2 heterocycles. The van der Waals surface area contributed by atoms with E-state index in [0.717, 1.165) is 32.6 Å². The summed E-state index contributed by atoms with van der Waals surface area (Å²) in [5, 5.41) is 0. The highest BCUT2D eigenvalue weighted by molar-refractivity contribution is 5.09. The van der Waals surface area contributed by atoms with E-state index in [1.807, 2.05) is 31.1 Å². The standard InChI is InChI=1S/C17H24N4/c1-16(2)6-12-20(14-17-4-7-18-8-5-17)10-3-11-21-13-9-19-15-21/h4-9,13,15H,3,10-12,14H2,1-2H3. The second-order valence-corrected chi connectivity index (χ2v) is 5.53. The topological polar surface area (TPSA) is 34.0 Å². The number of pyridine rings is 1. The smallest absolute Gasteiger partial charge is 0.0945 e. The van der Waals surface area contributed by atoms with Crippen molar-refractivity contribution in [1.82, 2.24) is 19.4 Å². The summed E-state index contributed by atoms with van der Waals surface area (Å²) in [6.07, 6.45) is 12.9. The van der Waals surface area contributed by atoms with E-state index in [-0.39, 0.29) is 0 Å². The van der Waals surface area contributed by atoms with Crippen LogP contribution in [-0.4, -0.2) is 32.5 Å². The molecule has 2 aromatic rings. The Morgan fingerprint density at radius 2 is 2.00 bits per heavy atom. The van der Waals surface area contributed by atoms with Crippen molar-refractivity contribution in [2.45, 2.75) is 33.4 Å². The van der Waals surface area contributed by atoms with Crippen molar-refractivity contribution in [2.75, 3.05) is 13.1 Å². The first kappa shape index (κ1) is 15.4. The van der Waals surface area contributed by atoms with Crippen LogP contribution in [0.25, 0.3) is 0 Å². The zero-order valence-corrected chi connectivity index (χ0v) is 12.9. The van der Waals surface area contributed by atoms with Crippen LogP contribution in [0.4, 0.5) is 0 Å². The van der Waals surface area contributed by atoms with Gasteiger partial charge in [0.1, 0.15) is 0 Å². The quantitative estimate of drug-likeness (QED) is 0.698. The molecule has 0 aliphatic rings. The van der Waals surface area contributed by atoms with Crippen molar-refractivity contribution in [3.63, 3.8) is 0 Å². The van der Waals surface area contributed by atoms with Gasteiger partial charge in [-0.25, -0.2) is 4.98 Å². The molecule has 0 aliphatic heterocycles. The van der Waals surface area contributed by atoms with Gasteiger partial charge in [0.2, 0.25) is 0 Å². The highest BCUT2D eigenvalue weighted by atomic mass is 15.1. The van der Waals surface area contributed by atoms with Gasteiger partial charge in [-0.15, -0.1) is 0 Å². The molecule has 0 atom stereocenters. The zero-order chi connectivity index (χ0) is 14.9. The van der Waals surface area contributed by atoms with E-state index in [1.54, 1.807) is 0 Å². The summed E-state index contributed by atoms with van der Waals surface area (Å²) in [6.45, 7) is 8.35. The zero-order valence-electron chi connectivity index (χ0n) is 12.9. The SMILES string of the molecule is CC(C)=CCN(CCCn1ccnc1)Cc1ccncc1. The number of allylic oxidation sites excluding steroid dienone is 1. The fraction of sp³-hybridized carbons (Fsp3) is 0.412. The van der Waals surface area contributed by atoms with Gasteiger partial charge in [-0.1, -0.05) is 11.6 Å². The van der Waals surface area contributed by atoms with E-state index in [2.05, 4.69) is 51.5 Å². The summed E-state index contributed by atoms with van der Waals surface area (Å²) in [6, 6.07) is 4.18. The fourth-order valence-electron chi connectivity index (χ4n) is 2.19. The molecule has 0 spiro atoms. The molecule has 112 valence electrons. The minimum absolute atomic E-state index is 0.968. The molecule has 0 fully saturated rings. The molecule has 0 unspecified atom stereocenters. The van der Waals surface area contributed by atoms with Crippen molar-refractivity contribution in [3.8, 4) is 0 Å². The number of aryl methyl sites for hydroxylation is 1. The van der Waals surface area contributed by atoms with E-state index in [0.29, 0.717) is 0 Å². The van der Waals surface area contributed by atoms with Crippen LogP contribution in [0.3, 0.4) is 0 Å². The van der Waals surface area contributed by atoms with Crippen LogP contribution in [0.15, 0.2) is 54.9 Å². The maximum Gasteiger partial charge on any atom is 0.0945 e. The molecule has 0 aromatic carbocycles. The Labute approximate surface area is 127 Å². The van der Waals surface area contributed by atoms with Gasteiger partial charge in [0, 0.05) is 51.0 Å². The van der Waals surface area contributed by atoms with E-state index in [9.17, 15) is 0 Å². The number of nitrogens with zero attached hydrogens (tertiary/aromatic N) is 4. The molecule has 0 radical (unpaired) electrons. The van der Waals surface area contributed by atoms with Crippen molar-refractivity contribution in [1.29, 1.82) is 0 Å². The highest BCUT2D eigenvalue weighted by Gasteiger charge is 2.04. The van der Waals surface area contributed by atoms with Crippen molar-refractivity contribution >= 4 is 0 Å². The van der Waals surface area contributed by atoms with Gasteiger partial charge in [0.25, 0.3) is 0 Å². The first-order valence-corrected chi connectivity index (χ1v) is 7.44. The lowest BCUT2D eigenvalue weighted by atomic mass is 10.2. The van der Waals surface area contributed by atoms with Gasteiger partial charge in [-0.3, -0.25) is 9.88 Å². The Balaban J connectivity index is 1.87. The van der Waals surface area contributed by atoms with Gasteiger partial charge in [-0.05, 0) is 38.0 Å². The van der Waals surface area contributed by atoms with E-state index in [4.69, 9.17) is 0 Å². The molecule has 2 aromatic heterocycles. The molecule has 4 heteroatoms. The molecular weight excluding hydrogens is 260 g/mol. The maximum absolute atomic E-state index is 4.08. The van der Waals surface area contributed by atoms with Crippen molar-refractivity contribution in [2.24, 2.45) is 0 Å². The van der Waals surface area contributed by atoms with Gasteiger partial charge < -0.3 is 4.57 Å². The molecule has 0 saturated carbocycles. The normalized spacial score (nSPS) is 10.8. The summed E-state index contributed by atoms with van der Waals surface area (Å²) in [4.78, 5) is 10.6. The van der Waals surface area contributed by atoms with E-state index < -0.39 is 0 Å². The summed E-state index contributed by atoms with van der Waals surface area (Å²) in [5.74, 6) is 0. The van der Waals surface area contributed by atoms with Crippen LogP contribution in [0.2, 0.25) is 0 Å². The van der Waals surface area contributed by atoms with Gasteiger partial charge in [0.05, 0.1) is 6.33 Å². The lowest BCUT2D eigenvalue weighted by Gasteiger charge is -2.21. The third-order valence-corrected chi connectivity index (χ3v) is 3.36. The maximum atomic E-state index is 4.08. The minimum Gasteiger partial charge on any atom is -0.337 e. The number of aromatic nitrogens is 3. The lowest BCUT2D eigenvalue weighted by molar-refractivity contribution is 0.283. The van der Waals surface area contributed by atoms with Crippen LogP contribution >= 0.6 is 0 Å². The Morgan fingerprint density at radius 1 is 1.19 bits per heavy atom.